The summed E-state index contributed by atoms with van der Waals surface area (Å²) in [6.45, 7) is 21.0. The van der Waals surface area contributed by atoms with Gasteiger partial charge >= 0.3 is 5.97 Å². The molecule has 0 aromatic heterocycles. The van der Waals surface area contributed by atoms with Crippen LogP contribution in [0.2, 0.25) is 0 Å². The van der Waals surface area contributed by atoms with Crippen molar-refractivity contribution in [2.45, 2.75) is 107 Å². The van der Waals surface area contributed by atoms with E-state index in [4.69, 9.17) is 14.2 Å². The Morgan fingerprint density at radius 3 is 2.44 bits per heavy atom. The van der Waals surface area contributed by atoms with Crippen LogP contribution in [0.1, 0.15) is 99.5 Å². The Hall–Kier alpha value is -1.98. The summed E-state index contributed by atoms with van der Waals surface area (Å²) in [5.41, 5.74) is 2.14. The van der Waals surface area contributed by atoms with E-state index in [1.165, 1.54) is 0 Å². The molecule has 0 unspecified atom stereocenters. The SMILES string of the molecule is CC(C)[C@@H](C)[C@@]1(C)CC[C@]2(C)[C@H]3CC[C@@H]4[C@@]5(COC[C@]4(C)[C@@H](OCC=O)[C@H](C)C5)C3=CC[C@@]2(C)[C@@H]1C(=O)OCc1ccccc1. The molecular weight excluding hydrogens is 560 g/mol. The minimum Gasteiger partial charge on any atom is -0.461 e. The van der Waals surface area contributed by atoms with Crippen LogP contribution >= 0.6 is 0 Å². The molecule has 45 heavy (non-hydrogen) atoms. The first-order valence-electron chi connectivity index (χ1n) is 17.8. The number of ether oxygens (including phenoxy) is 3. The van der Waals surface area contributed by atoms with Crippen molar-refractivity contribution < 1.29 is 23.8 Å². The van der Waals surface area contributed by atoms with Gasteiger partial charge in [0.15, 0.2) is 0 Å². The van der Waals surface area contributed by atoms with Crippen LogP contribution < -0.4 is 0 Å². The first kappa shape index (κ1) is 32.9. The van der Waals surface area contributed by atoms with Gasteiger partial charge in [0.25, 0.3) is 0 Å². The molecule has 0 N–H and O–H groups in total. The van der Waals surface area contributed by atoms with Crippen LogP contribution in [0.4, 0.5) is 0 Å². The first-order valence-corrected chi connectivity index (χ1v) is 17.8. The highest BCUT2D eigenvalue weighted by Crippen LogP contribution is 2.75. The van der Waals surface area contributed by atoms with Crippen LogP contribution in [0.3, 0.4) is 0 Å². The molecule has 1 aliphatic heterocycles. The highest BCUT2D eigenvalue weighted by molar-refractivity contribution is 5.75. The van der Waals surface area contributed by atoms with E-state index in [-0.39, 0.29) is 51.7 Å². The van der Waals surface area contributed by atoms with Gasteiger partial charge in [0.05, 0.1) is 25.2 Å². The number of esters is 1. The van der Waals surface area contributed by atoms with E-state index in [9.17, 15) is 9.59 Å². The summed E-state index contributed by atoms with van der Waals surface area (Å²) in [6, 6.07) is 10.1. The van der Waals surface area contributed by atoms with Gasteiger partial charge in [-0.1, -0.05) is 97.4 Å². The fourth-order valence-electron chi connectivity index (χ4n) is 12.3. The van der Waals surface area contributed by atoms with Crippen LogP contribution in [0.5, 0.6) is 0 Å². The molecule has 1 saturated heterocycles. The molecule has 5 nitrogen and oxygen atoms in total. The molecule has 5 aliphatic rings. The number of carbonyl (C=O) groups excluding carboxylic acids is 2. The lowest BCUT2D eigenvalue weighted by Crippen LogP contribution is -2.68. The Balaban J connectivity index is 1.40. The van der Waals surface area contributed by atoms with Gasteiger partial charge in [0, 0.05) is 10.8 Å². The number of aldehydes is 1. The Morgan fingerprint density at radius 1 is 1.02 bits per heavy atom. The highest BCUT2D eigenvalue weighted by Gasteiger charge is 2.71. The zero-order valence-electron chi connectivity index (χ0n) is 29.2. The topological polar surface area (TPSA) is 61.8 Å². The molecule has 0 radical (unpaired) electrons. The predicted molar refractivity (Wildman–Crippen MR) is 177 cm³/mol. The molecule has 2 bridgehead atoms. The molecule has 0 spiro atoms. The van der Waals surface area contributed by atoms with Crippen molar-refractivity contribution in [2.24, 2.45) is 62.6 Å². The van der Waals surface area contributed by atoms with Gasteiger partial charge in [-0.3, -0.25) is 4.79 Å². The molecule has 248 valence electrons. The molecule has 6 rings (SSSR count). The smallest absolute Gasteiger partial charge is 0.310 e. The zero-order chi connectivity index (χ0) is 32.4. The second-order valence-corrected chi connectivity index (χ2v) is 17.2. The molecular formula is C40H58O5. The van der Waals surface area contributed by atoms with Gasteiger partial charge in [-0.2, -0.15) is 0 Å². The Kier molecular flexibility index (Phi) is 8.50. The molecule has 3 saturated carbocycles. The number of fused-ring (bicyclic) bond motifs is 3. The zero-order valence-corrected chi connectivity index (χ0v) is 29.2. The summed E-state index contributed by atoms with van der Waals surface area (Å²) in [5, 5.41) is 0. The Bertz CT molecular complexity index is 1300. The van der Waals surface area contributed by atoms with Gasteiger partial charge in [-0.05, 0) is 89.9 Å². The van der Waals surface area contributed by atoms with E-state index < -0.39 is 0 Å². The van der Waals surface area contributed by atoms with E-state index in [1.807, 2.05) is 30.3 Å². The molecule has 1 aromatic carbocycles. The van der Waals surface area contributed by atoms with Crippen molar-refractivity contribution in [3.63, 3.8) is 0 Å². The quantitative estimate of drug-likeness (QED) is 0.166. The van der Waals surface area contributed by atoms with Crippen molar-refractivity contribution >= 4 is 12.3 Å². The lowest BCUT2D eigenvalue weighted by atomic mass is 9.34. The number of allylic oxidation sites excluding steroid dienone is 1. The minimum absolute atomic E-state index is 0.00397. The Morgan fingerprint density at radius 2 is 1.76 bits per heavy atom. The van der Waals surface area contributed by atoms with Crippen molar-refractivity contribution in [3.05, 3.63) is 47.5 Å². The normalized spacial score (nSPS) is 44.6. The van der Waals surface area contributed by atoms with E-state index in [0.29, 0.717) is 42.8 Å². The molecule has 4 aliphatic carbocycles. The number of benzene rings is 1. The molecule has 5 heteroatoms. The van der Waals surface area contributed by atoms with E-state index >= 15 is 0 Å². The summed E-state index contributed by atoms with van der Waals surface area (Å²) in [7, 11) is 0. The van der Waals surface area contributed by atoms with E-state index in [0.717, 1.165) is 57.0 Å². The third-order valence-corrected chi connectivity index (χ3v) is 14.9. The van der Waals surface area contributed by atoms with Crippen molar-refractivity contribution in [2.75, 3.05) is 19.8 Å². The predicted octanol–water partition coefficient (Wildman–Crippen LogP) is 8.45. The molecule has 4 fully saturated rings. The highest BCUT2D eigenvalue weighted by atomic mass is 16.5. The molecule has 1 aromatic rings. The molecule has 11 atom stereocenters. The summed E-state index contributed by atoms with van der Waals surface area (Å²) in [4.78, 5) is 25.9. The maximum atomic E-state index is 14.6. The third kappa shape index (κ3) is 4.75. The average molecular weight is 619 g/mol. The largest absolute Gasteiger partial charge is 0.461 e. The second kappa shape index (κ2) is 11.6. The van der Waals surface area contributed by atoms with E-state index in [2.05, 4.69) is 61.5 Å². The minimum atomic E-state index is -0.219. The van der Waals surface area contributed by atoms with Crippen LogP contribution in [0, 0.1) is 62.6 Å². The lowest BCUT2D eigenvalue weighted by Gasteiger charge is -2.71. The van der Waals surface area contributed by atoms with Gasteiger partial charge in [0.2, 0.25) is 0 Å². The van der Waals surface area contributed by atoms with Crippen molar-refractivity contribution in [1.82, 2.24) is 0 Å². The third-order valence-electron chi connectivity index (χ3n) is 14.9. The van der Waals surface area contributed by atoms with E-state index in [1.54, 1.807) is 5.57 Å². The van der Waals surface area contributed by atoms with Crippen LogP contribution in [0.15, 0.2) is 42.0 Å². The lowest BCUT2D eigenvalue weighted by molar-refractivity contribution is -0.249. The second-order valence-electron chi connectivity index (χ2n) is 17.2. The van der Waals surface area contributed by atoms with Gasteiger partial charge in [0.1, 0.15) is 19.5 Å². The standard InChI is InChI=1S/C40H58O5/c1-26(2)28(4)36(5)18-19-38(7)30-14-15-32-37(6)24-43-25-40(32,22-27(3)34(37)44-21-20-41)31(30)16-17-39(38,8)33(36)35(42)45-23-29-12-10-9-11-13-29/h9-13,16,20,26-28,30,32-34H,14-15,17-19,21-25H2,1-8H3/t27-,28-,30+,32+,33-,34+,36-,37+,38-,39+,40+/m1/s1. The molecule has 1 heterocycles. The summed E-state index contributed by atoms with van der Waals surface area (Å²) < 4.78 is 19.1. The maximum absolute atomic E-state index is 14.6. The summed E-state index contributed by atoms with van der Waals surface area (Å²) in [6.07, 6.45) is 9.89. The van der Waals surface area contributed by atoms with Crippen LogP contribution in [-0.4, -0.2) is 38.2 Å². The first-order chi connectivity index (χ1) is 21.3. The van der Waals surface area contributed by atoms with Crippen molar-refractivity contribution in [3.8, 4) is 0 Å². The monoisotopic (exact) mass is 618 g/mol. The number of hydrogen-bond donors (Lipinski definition) is 0. The number of rotatable bonds is 8. The van der Waals surface area contributed by atoms with Crippen LogP contribution in [0.25, 0.3) is 0 Å². The Labute approximate surface area is 272 Å². The average Bonchev–Trinajstić information content (AvgIpc) is 3.00. The van der Waals surface area contributed by atoms with Gasteiger partial charge in [-0.25, -0.2) is 0 Å². The number of carbonyl (C=O) groups is 2. The number of hydrogen-bond acceptors (Lipinski definition) is 5. The van der Waals surface area contributed by atoms with Crippen LogP contribution in [-0.2, 0) is 30.4 Å². The van der Waals surface area contributed by atoms with Gasteiger partial charge < -0.3 is 19.0 Å². The summed E-state index contributed by atoms with van der Waals surface area (Å²) in [5.74, 6) is 1.91. The fraction of sp³-hybridized carbons (Fsp3) is 0.750. The maximum Gasteiger partial charge on any atom is 0.310 e. The van der Waals surface area contributed by atoms with Crippen molar-refractivity contribution in [1.29, 1.82) is 0 Å². The van der Waals surface area contributed by atoms with Gasteiger partial charge in [-0.15, -0.1) is 0 Å². The fourth-order valence-corrected chi connectivity index (χ4v) is 12.3. The summed E-state index contributed by atoms with van der Waals surface area (Å²) >= 11 is 0. The molecule has 0 amide bonds.